The van der Waals surface area contributed by atoms with Crippen molar-refractivity contribution >= 4 is 33.9 Å². The number of aromatic nitrogens is 3. The number of alkyl carbamates (subject to hydrolysis) is 1. The van der Waals surface area contributed by atoms with Gasteiger partial charge in [-0.05, 0) is 44.5 Å². The van der Waals surface area contributed by atoms with E-state index in [9.17, 15) is 14.7 Å². The molecule has 0 aliphatic rings. The van der Waals surface area contributed by atoms with Crippen LogP contribution >= 0.6 is 0 Å². The molecule has 9 heteroatoms. The Morgan fingerprint density at radius 2 is 1.78 bits per heavy atom. The van der Waals surface area contributed by atoms with Crippen molar-refractivity contribution in [3.8, 4) is 0 Å². The molecule has 9 nitrogen and oxygen atoms in total. The maximum absolute atomic E-state index is 13.3. The Bertz CT molecular complexity index is 1380. The van der Waals surface area contributed by atoms with E-state index in [0.717, 1.165) is 27.5 Å². The van der Waals surface area contributed by atoms with Gasteiger partial charge < -0.3 is 29.6 Å². The van der Waals surface area contributed by atoms with Crippen LogP contribution in [0, 0.1) is 0 Å². The van der Waals surface area contributed by atoms with Crippen LogP contribution in [0.3, 0.4) is 0 Å². The zero-order chi connectivity index (χ0) is 25.9. The Balaban J connectivity index is 1.51. The van der Waals surface area contributed by atoms with Crippen LogP contribution in [-0.4, -0.2) is 49.4 Å². The highest BCUT2D eigenvalue weighted by molar-refractivity contribution is 5.88. The van der Waals surface area contributed by atoms with Crippen LogP contribution in [0.2, 0.25) is 0 Å². The average molecular weight is 492 g/mol. The Morgan fingerprint density at radius 1 is 1.08 bits per heavy atom. The van der Waals surface area contributed by atoms with Crippen LogP contribution < -0.4 is 10.6 Å². The number of benzene rings is 2. The highest BCUT2D eigenvalue weighted by Gasteiger charge is 2.26. The molecule has 0 aliphatic carbocycles. The van der Waals surface area contributed by atoms with E-state index in [2.05, 4.69) is 15.6 Å². The largest absolute Gasteiger partial charge is 0.444 e. The number of para-hydroxylation sites is 3. The molecule has 4 aromatic rings. The molecule has 0 saturated carbocycles. The van der Waals surface area contributed by atoms with Crippen molar-refractivity contribution in [2.24, 2.45) is 7.05 Å². The van der Waals surface area contributed by atoms with E-state index in [1.54, 1.807) is 20.8 Å². The standard InChI is InChI=1S/C27H33N5O4/c1-27(2,3)36-26(35)30-21(15-18-16-31(4)22-11-7-5-9-19(18)22)25(34)28-13-14-32-23-12-8-6-10-20(23)29-24(32)17-33/h5-12,16,21,33H,13-15,17H2,1-4H3,(H,28,34)(H,30,35). The van der Waals surface area contributed by atoms with Crippen LogP contribution in [0.25, 0.3) is 21.9 Å². The Hall–Kier alpha value is -3.85. The van der Waals surface area contributed by atoms with Gasteiger partial charge in [-0.2, -0.15) is 0 Å². The quantitative estimate of drug-likeness (QED) is 0.350. The molecule has 0 fully saturated rings. The first-order chi connectivity index (χ1) is 17.2. The number of aliphatic hydroxyl groups is 1. The van der Waals surface area contributed by atoms with E-state index in [1.165, 1.54) is 0 Å². The smallest absolute Gasteiger partial charge is 0.408 e. The van der Waals surface area contributed by atoms with Crippen LogP contribution in [-0.2, 0) is 36.2 Å². The summed E-state index contributed by atoms with van der Waals surface area (Å²) in [5.41, 5.74) is 2.98. The van der Waals surface area contributed by atoms with Gasteiger partial charge in [0.25, 0.3) is 0 Å². The number of hydrogen-bond donors (Lipinski definition) is 3. The summed E-state index contributed by atoms with van der Waals surface area (Å²) in [6.45, 7) is 5.86. The second kappa shape index (κ2) is 10.4. The summed E-state index contributed by atoms with van der Waals surface area (Å²) in [5.74, 6) is 0.216. The number of amides is 2. The van der Waals surface area contributed by atoms with Gasteiger partial charge in [0.2, 0.25) is 5.91 Å². The molecule has 1 unspecified atom stereocenters. The molecule has 2 aromatic heterocycles. The van der Waals surface area contributed by atoms with Gasteiger partial charge in [-0.3, -0.25) is 4.79 Å². The number of hydrogen-bond acceptors (Lipinski definition) is 5. The van der Waals surface area contributed by atoms with Gasteiger partial charge in [0.15, 0.2) is 0 Å². The van der Waals surface area contributed by atoms with Crippen LogP contribution in [0.15, 0.2) is 54.7 Å². The molecule has 2 aromatic carbocycles. The maximum Gasteiger partial charge on any atom is 0.408 e. The summed E-state index contributed by atoms with van der Waals surface area (Å²) in [6.07, 6.45) is 1.64. The monoisotopic (exact) mass is 491 g/mol. The number of carbonyl (C=O) groups is 2. The molecule has 190 valence electrons. The summed E-state index contributed by atoms with van der Waals surface area (Å²) in [7, 11) is 1.95. The third-order valence-corrected chi connectivity index (χ3v) is 5.92. The predicted molar refractivity (Wildman–Crippen MR) is 138 cm³/mol. The van der Waals surface area contributed by atoms with Gasteiger partial charge in [0.05, 0.1) is 11.0 Å². The summed E-state index contributed by atoms with van der Waals surface area (Å²) < 4.78 is 9.31. The van der Waals surface area contributed by atoms with Crippen LogP contribution in [0.4, 0.5) is 4.79 Å². The van der Waals surface area contributed by atoms with Crippen molar-refractivity contribution in [3.63, 3.8) is 0 Å². The molecule has 4 rings (SSSR count). The minimum absolute atomic E-state index is 0.202. The highest BCUT2D eigenvalue weighted by atomic mass is 16.6. The third kappa shape index (κ3) is 5.68. The van der Waals surface area contributed by atoms with Gasteiger partial charge in [0, 0.05) is 43.7 Å². The second-order valence-corrected chi connectivity index (χ2v) is 9.80. The van der Waals surface area contributed by atoms with Gasteiger partial charge in [-0.25, -0.2) is 9.78 Å². The molecule has 0 radical (unpaired) electrons. The second-order valence-electron chi connectivity index (χ2n) is 9.80. The number of imidazole rings is 1. The minimum Gasteiger partial charge on any atom is -0.444 e. The van der Waals surface area contributed by atoms with Crippen molar-refractivity contribution in [1.82, 2.24) is 24.8 Å². The Labute approximate surface area is 210 Å². The first-order valence-corrected chi connectivity index (χ1v) is 12.0. The zero-order valence-electron chi connectivity index (χ0n) is 21.1. The molecule has 36 heavy (non-hydrogen) atoms. The predicted octanol–water partition coefficient (Wildman–Crippen LogP) is 3.27. The number of fused-ring (bicyclic) bond motifs is 2. The van der Waals surface area contributed by atoms with Crippen LogP contribution in [0.1, 0.15) is 32.2 Å². The lowest BCUT2D eigenvalue weighted by molar-refractivity contribution is -0.123. The van der Waals surface area contributed by atoms with Gasteiger partial charge in [0.1, 0.15) is 24.1 Å². The Kier molecular flexibility index (Phi) is 7.30. The lowest BCUT2D eigenvalue weighted by Gasteiger charge is -2.23. The van der Waals surface area contributed by atoms with E-state index in [4.69, 9.17) is 4.74 Å². The number of aliphatic hydroxyl groups excluding tert-OH is 1. The summed E-state index contributed by atoms with van der Waals surface area (Å²) in [4.78, 5) is 30.3. The van der Waals surface area contributed by atoms with Crippen molar-refractivity contribution in [2.45, 2.75) is 52.0 Å². The van der Waals surface area contributed by atoms with E-state index < -0.39 is 17.7 Å². The minimum atomic E-state index is -0.831. The van der Waals surface area contributed by atoms with Crippen molar-refractivity contribution < 1.29 is 19.4 Å². The van der Waals surface area contributed by atoms with Gasteiger partial charge in [-0.1, -0.05) is 30.3 Å². The number of aryl methyl sites for hydroxylation is 1. The fourth-order valence-corrected chi connectivity index (χ4v) is 4.38. The lowest BCUT2D eigenvalue weighted by atomic mass is 10.0. The topological polar surface area (TPSA) is 110 Å². The average Bonchev–Trinajstić information content (AvgIpc) is 3.35. The molecule has 0 bridgehead atoms. The fourth-order valence-electron chi connectivity index (χ4n) is 4.38. The summed E-state index contributed by atoms with van der Waals surface area (Å²) >= 11 is 0. The number of rotatable bonds is 8. The number of carbonyl (C=O) groups excluding carboxylic acids is 2. The van der Waals surface area contributed by atoms with E-state index >= 15 is 0 Å². The highest BCUT2D eigenvalue weighted by Crippen LogP contribution is 2.22. The number of nitrogens with one attached hydrogen (secondary N) is 2. The summed E-state index contributed by atoms with van der Waals surface area (Å²) in [6, 6.07) is 14.7. The first kappa shape index (κ1) is 25.2. The van der Waals surface area contributed by atoms with Crippen LogP contribution in [0.5, 0.6) is 0 Å². The number of ether oxygens (including phenoxy) is 1. The van der Waals surface area contributed by atoms with Crippen molar-refractivity contribution in [1.29, 1.82) is 0 Å². The SMILES string of the molecule is Cn1cc(CC(NC(=O)OC(C)(C)C)C(=O)NCCn2c(CO)nc3ccccc32)c2ccccc21. The molecule has 2 amide bonds. The maximum atomic E-state index is 13.3. The van der Waals surface area contributed by atoms with Crippen molar-refractivity contribution in [3.05, 3.63) is 66.1 Å². The van der Waals surface area contributed by atoms with Crippen molar-refractivity contribution in [2.75, 3.05) is 6.54 Å². The molecule has 2 heterocycles. The van der Waals surface area contributed by atoms with E-state index in [-0.39, 0.29) is 12.5 Å². The first-order valence-electron chi connectivity index (χ1n) is 12.0. The zero-order valence-corrected chi connectivity index (χ0v) is 21.1. The summed E-state index contributed by atoms with van der Waals surface area (Å²) in [5, 5.41) is 16.4. The van der Waals surface area contributed by atoms with Gasteiger partial charge in [-0.15, -0.1) is 0 Å². The van der Waals surface area contributed by atoms with E-state index in [1.807, 2.05) is 70.9 Å². The Morgan fingerprint density at radius 3 is 2.50 bits per heavy atom. The van der Waals surface area contributed by atoms with Gasteiger partial charge >= 0.3 is 6.09 Å². The molecule has 0 saturated heterocycles. The molecule has 0 spiro atoms. The normalized spacial score (nSPS) is 12.6. The molecule has 0 aliphatic heterocycles. The fraction of sp³-hybridized carbons (Fsp3) is 0.370. The molecule has 1 atom stereocenters. The molecular weight excluding hydrogens is 458 g/mol. The molecular formula is C27H33N5O4. The third-order valence-electron chi connectivity index (χ3n) is 5.92. The lowest BCUT2D eigenvalue weighted by Crippen LogP contribution is -2.49. The molecule has 3 N–H and O–H groups in total. The van der Waals surface area contributed by atoms with E-state index in [0.29, 0.717) is 25.3 Å². The number of nitrogens with zero attached hydrogens (tertiary/aromatic N) is 3.